The summed E-state index contributed by atoms with van der Waals surface area (Å²) in [5.41, 5.74) is 2.40. The zero-order valence-corrected chi connectivity index (χ0v) is 21.1. The average Bonchev–Trinajstić information content (AvgIpc) is 3.35. The van der Waals surface area contributed by atoms with Crippen LogP contribution in [0, 0.1) is 10.8 Å². The Bertz CT molecular complexity index is 1190. The molecule has 7 heteroatoms. The first-order chi connectivity index (χ1) is 16.3. The summed E-state index contributed by atoms with van der Waals surface area (Å²) in [6.45, 7) is 7.87. The normalized spacial score (nSPS) is 23.2. The molecule has 2 atom stereocenters. The van der Waals surface area contributed by atoms with E-state index in [1.807, 2.05) is 59.2 Å². The summed E-state index contributed by atoms with van der Waals surface area (Å²) in [6, 6.07) is 18.2. The minimum Gasteiger partial charge on any atom is -0.497 e. The Labute approximate surface area is 205 Å². The number of hydrogen-bond donors (Lipinski definition) is 0. The zero-order valence-electron chi connectivity index (χ0n) is 20.3. The molecule has 2 aliphatic rings. The number of fused-ring (bicyclic) bond motifs is 2. The predicted molar refractivity (Wildman–Crippen MR) is 135 cm³/mol. The van der Waals surface area contributed by atoms with Crippen molar-refractivity contribution in [2.75, 3.05) is 19.4 Å². The molecule has 34 heavy (non-hydrogen) atoms. The highest BCUT2D eigenvalue weighted by atomic mass is 32.2. The molecule has 2 aromatic carbocycles. The number of methoxy groups -OCH3 is 1. The third-order valence-corrected chi connectivity index (χ3v) is 7.95. The summed E-state index contributed by atoms with van der Waals surface area (Å²) in [7, 11) is 1.66. The Balaban J connectivity index is 1.40. The van der Waals surface area contributed by atoms with Gasteiger partial charge in [0, 0.05) is 23.8 Å². The number of rotatable bonds is 6. The Hall–Kier alpha value is -2.80. The minimum atomic E-state index is 0.196. The van der Waals surface area contributed by atoms with Gasteiger partial charge in [-0.2, -0.15) is 0 Å². The second kappa shape index (κ2) is 8.77. The van der Waals surface area contributed by atoms with Gasteiger partial charge in [-0.1, -0.05) is 62.9 Å². The van der Waals surface area contributed by atoms with Crippen LogP contribution in [0.25, 0.3) is 17.1 Å². The van der Waals surface area contributed by atoms with E-state index in [4.69, 9.17) is 4.74 Å². The lowest BCUT2D eigenvalue weighted by molar-refractivity contribution is -0.129. The Morgan fingerprint density at radius 2 is 1.88 bits per heavy atom. The van der Waals surface area contributed by atoms with Gasteiger partial charge in [0.05, 0.1) is 12.9 Å². The molecule has 0 spiro atoms. The molecule has 0 radical (unpaired) electrons. The van der Waals surface area contributed by atoms with Gasteiger partial charge < -0.3 is 9.64 Å². The predicted octanol–water partition coefficient (Wildman–Crippen LogP) is 5.46. The maximum Gasteiger partial charge on any atom is 0.233 e. The Morgan fingerprint density at radius 1 is 1.09 bits per heavy atom. The van der Waals surface area contributed by atoms with Gasteiger partial charge in [0.2, 0.25) is 5.91 Å². The summed E-state index contributed by atoms with van der Waals surface area (Å²) >= 11 is 1.46. The second-order valence-electron chi connectivity index (χ2n) is 10.7. The number of aromatic nitrogens is 3. The van der Waals surface area contributed by atoms with Crippen LogP contribution >= 0.6 is 11.8 Å². The summed E-state index contributed by atoms with van der Waals surface area (Å²) < 4.78 is 7.44. The maximum atomic E-state index is 13.4. The molecule has 5 rings (SSSR count). The zero-order chi connectivity index (χ0) is 23.9. The number of ether oxygens (including phenoxy) is 1. The third-order valence-electron chi connectivity index (χ3n) is 7.04. The molecule has 1 aliphatic heterocycles. The van der Waals surface area contributed by atoms with Crippen LogP contribution in [0.3, 0.4) is 0 Å². The van der Waals surface area contributed by atoms with Crippen molar-refractivity contribution in [2.45, 2.75) is 51.2 Å². The quantitative estimate of drug-likeness (QED) is 0.442. The Kier molecular flexibility index (Phi) is 5.92. The van der Waals surface area contributed by atoms with Crippen molar-refractivity contribution in [1.82, 2.24) is 19.7 Å². The molecule has 2 heterocycles. The molecular formula is C27H32N4O2S. The van der Waals surface area contributed by atoms with Crippen LogP contribution in [0.1, 0.15) is 40.0 Å². The topological polar surface area (TPSA) is 60.3 Å². The van der Waals surface area contributed by atoms with Crippen LogP contribution in [0.4, 0.5) is 0 Å². The van der Waals surface area contributed by atoms with Crippen molar-refractivity contribution in [3.05, 3.63) is 54.6 Å². The largest absolute Gasteiger partial charge is 0.497 e. The Morgan fingerprint density at radius 3 is 2.65 bits per heavy atom. The van der Waals surface area contributed by atoms with Crippen molar-refractivity contribution >= 4 is 17.7 Å². The van der Waals surface area contributed by atoms with E-state index < -0.39 is 0 Å². The van der Waals surface area contributed by atoms with Crippen LogP contribution < -0.4 is 4.74 Å². The number of likely N-dealkylation sites (tertiary alicyclic amines) is 1. The van der Waals surface area contributed by atoms with Gasteiger partial charge in [-0.05, 0) is 54.4 Å². The van der Waals surface area contributed by atoms with Crippen LogP contribution in [-0.2, 0) is 4.79 Å². The summed E-state index contributed by atoms with van der Waals surface area (Å²) in [6.07, 6.45) is 3.38. The van der Waals surface area contributed by atoms with E-state index in [9.17, 15) is 4.79 Å². The first kappa shape index (κ1) is 23.0. The molecule has 1 aromatic heterocycles. The van der Waals surface area contributed by atoms with Gasteiger partial charge in [-0.15, -0.1) is 10.2 Å². The molecule has 1 aliphatic carbocycles. The van der Waals surface area contributed by atoms with E-state index in [-0.39, 0.29) is 11.3 Å². The van der Waals surface area contributed by atoms with E-state index in [2.05, 4.69) is 35.9 Å². The molecular weight excluding hydrogens is 444 g/mol. The summed E-state index contributed by atoms with van der Waals surface area (Å²) in [4.78, 5) is 15.5. The lowest BCUT2D eigenvalue weighted by Crippen LogP contribution is -2.38. The van der Waals surface area contributed by atoms with E-state index in [1.54, 1.807) is 7.11 Å². The van der Waals surface area contributed by atoms with Crippen molar-refractivity contribution in [3.63, 3.8) is 0 Å². The van der Waals surface area contributed by atoms with Crippen LogP contribution in [0.2, 0.25) is 0 Å². The fourth-order valence-electron chi connectivity index (χ4n) is 6.08. The van der Waals surface area contributed by atoms with E-state index in [0.29, 0.717) is 22.4 Å². The molecule has 1 saturated heterocycles. The molecule has 2 unspecified atom stereocenters. The van der Waals surface area contributed by atoms with Gasteiger partial charge in [-0.3, -0.25) is 9.36 Å². The van der Waals surface area contributed by atoms with E-state index >= 15 is 0 Å². The molecule has 6 nitrogen and oxygen atoms in total. The van der Waals surface area contributed by atoms with Crippen molar-refractivity contribution < 1.29 is 9.53 Å². The number of benzene rings is 2. The maximum absolute atomic E-state index is 13.4. The lowest BCUT2D eigenvalue weighted by Gasteiger charge is -2.39. The van der Waals surface area contributed by atoms with Crippen LogP contribution in [-0.4, -0.2) is 51.0 Å². The monoisotopic (exact) mass is 476 g/mol. The van der Waals surface area contributed by atoms with Crippen molar-refractivity contribution in [3.8, 4) is 22.8 Å². The number of carbonyl (C=O) groups excluding carboxylic acids is 1. The first-order valence-corrected chi connectivity index (χ1v) is 12.8. The third kappa shape index (κ3) is 4.45. The van der Waals surface area contributed by atoms with Gasteiger partial charge in [0.15, 0.2) is 11.0 Å². The number of para-hydroxylation sites is 1. The molecule has 178 valence electrons. The minimum absolute atomic E-state index is 0.196. The van der Waals surface area contributed by atoms with Gasteiger partial charge in [0.25, 0.3) is 0 Å². The molecule has 3 aromatic rings. The number of amides is 1. The highest BCUT2D eigenvalue weighted by Gasteiger charge is 2.50. The SMILES string of the molecule is COc1cccc(-c2nnc(SCC(=O)N3CC4(C)CC3CC(C)(C)C4)n2-c2ccccc2)c1. The smallest absolute Gasteiger partial charge is 0.233 e. The molecule has 0 N–H and O–H groups in total. The number of carbonyl (C=O) groups is 1. The number of thioether (sulfide) groups is 1. The highest BCUT2D eigenvalue weighted by molar-refractivity contribution is 7.99. The van der Waals surface area contributed by atoms with Crippen LogP contribution in [0.5, 0.6) is 5.75 Å². The molecule has 2 bridgehead atoms. The van der Waals surface area contributed by atoms with E-state index in [1.165, 1.54) is 18.2 Å². The van der Waals surface area contributed by atoms with Crippen LogP contribution in [0.15, 0.2) is 59.8 Å². The standard InChI is InChI=1S/C27H32N4O2S/c1-26(2)14-21-15-27(3,17-26)18-30(21)23(32)16-34-25-29-28-24(19-9-8-12-22(13-19)33-4)31(25)20-10-6-5-7-11-20/h5-13,21H,14-18H2,1-4H3. The van der Waals surface area contributed by atoms with Gasteiger partial charge in [0.1, 0.15) is 5.75 Å². The van der Waals surface area contributed by atoms with Crippen molar-refractivity contribution in [2.24, 2.45) is 10.8 Å². The van der Waals surface area contributed by atoms with Gasteiger partial charge in [-0.25, -0.2) is 0 Å². The molecule has 1 saturated carbocycles. The lowest BCUT2D eigenvalue weighted by atomic mass is 9.65. The second-order valence-corrected chi connectivity index (χ2v) is 11.7. The van der Waals surface area contributed by atoms with E-state index in [0.717, 1.165) is 42.2 Å². The highest BCUT2D eigenvalue weighted by Crippen LogP contribution is 2.52. The first-order valence-electron chi connectivity index (χ1n) is 11.8. The number of hydrogen-bond acceptors (Lipinski definition) is 5. The van der Waals surface area contributed by atoms with Crippen molar-refractivity contribution in [1.29, 1.82) is 0 Å². The summed E-state index contributed by atoms with van der Waals surface area (Å²) in [5.74, 6) is 2.05. The summed E-state index contributed by atoms with van der Waals surface area (Å²) in [5, 5.41) is 9.71. The molecule has 1 amide bonds. The fraction of sp³-hybridized carbons (Fsp3) is 0.444. The fourth-order valence-corrected chi connectivity index (χ4v) is 6.92. The van der Waals surface area contributed by atoms with Gasteiger partial charge >= 0.3 is 0 Å². The number of nitrogens with zero attached hydrogens (tertiary/aromatic N) is 4. The molecule has 2 fully saturated rings. The average molecular weight is 477 g/mol.